The number of carbonyl (C=O) groups excluding carboxylic acids is 2. The highest BCUT2D eigenvalue weighted by atomic mass is 16.3. The van der Waals surface area contributed by atoms with Crippen LogP contribution in [0, 0.1) is 12.8 Å². The zero-order valence-electron chi connectivity index (χ0n) is 12.2. The van der Waals surface area contributed by atoms with Gasteiger partial charge in [0.25, 0.3) is 5.91 Å². The van der Waals surface area contributed by atoms with E-state index in [0.717, 1.165) is 5.56 Å². The van der Waals surface area contributed by atoms with Crippen LogP contribution in [0.2, 0.25) is 0 Å². The van der Waals surface area contributed by atoms with Crippen molar-refractivity contribution in [3.8, 4) is 0 Å². The monoisotopic (exact) mass is 281 g/mol. The van der Waals surface area contributed by atoms with E-state index in [0.29, 0.717) is 25.3 Å². The summed E-state index contributed by atoms with van der Waals surface area (Å²) in [6, 6.07) is 1.57. The number of rotatable bonds is 7. The second-order valence-corrected chi connectivity index (χ2v) is 4.98. The molecule has 1 aromatic heterocycles. The molecule has 2 unspecified atom stereocenters. The third-order valence-corrected chi connectivity index (χ3v) is 3.21. The van der Waals surface area contributed by atoms with E-state index in [4.69, 9.17) is 10.2 Å². The van der Waals surface area contributed by atoms with Crippen LogP contribution in [0.4, 0.5) is 0 Å². The van der Waals surface area contributed by atoms with E-state index in [-0.39, 0.29) is 23.8 Å². The zero-order chi connectivity index (χ0) is 15.1. The molecule has 4 N–H and O–H groups in total. The Balaban J connectivity index is 2.18. The molecule has 0 bridgehead atoms. The summed E-state index contributed by atoms with van der Waals surface area (Å²) >= 11 is 0. The number of nitrogens with one attached hydrogen (secondary N) is 2. The third-order valence-electron chi connectivity index (χ3n) is 3.21. The molecule has 6 heteroatoms. The first kappa shape index (κ1) is 16.2. The van der Waals surface area contributed by atoms with Crippen LogP contribution in [0.1, 0.15) is 36.4 Å². The van der Waals surface area contributed by atoms with Crippen molar-refractivity contribution in [2.75, 3.05) is 13.1 Å². The summed E-state index contributed by atoms with van der Waals surface area (Å²) in [4.78, 5) is 23.3. The summed E-state index contributed by atoms with van der Waals surface area (Å²) in [7, 11) is 0. The Hall–Kier alpha value is -1.82. The van der Waals surface area contributed by atoms with E-state index in [2.05, 4.69) is 10.6 Å². The minimum absolute atomic E-state index is 0.0618. The highest BCUT2D eigenvalue weighted by Gasteiger charge is 2.16. The van der Waals surface area contributed by atoms with Crippen molar-refractivity contribution in [1.82, 2.24) is 10.6 Å². The number of aryl methyl sites for hydroxylation is 1. The lowest BCUT2D eigenvalue weighted by Crippen LogP contribution is -2.39. The molecule has 1 heterocycles. The van der Waals surface area contributed by atoms with Gasteiger partial charge in [-0.3, -0.25) is 9.59 Å². The number of furan rings is 1. The van der Waals surface area contributed by atoms with Crippen LogP contribution in [0.25, 0.3) is 0 Å². The molecule has 0 aliphatic carbocycles. The fourth-order valence-corrected chi connectivity index (χ4v) is 1.59. The SMILES string of the molecule is Cc1ccoc1C(=O)NCCCNC(=O)C(C)C(C)N. The number of hydrogen-bond donors (Lipinski definition) is 3. The molecule has 0 fully saturated rings. The average molecular weight is 281 g/mol. The maximum absolute atomic E-state index is 11.7. The van der Waals surface area contributed by atoms with Gasteiger partial charge in [-0.1, -0.05) is 6.92 Å². The van der Waals surface area contributed by atoms with Crippen molar-refractivity contribution in [3.63, 3.8) is 0 Å². The van der Waals surface area contributed by atoms with Gasteiger partial charge >= 0.3 is 0 Å². The van der Waals surface area contributed by atoms with Gasteiger partial charge in [0.15, 0.2) is 5.76 Å². The molecule has 1 rings (SSSR count). The average Bonchev–Trinajstić information content (AvgIpc) is 2.83. The molecule has 0 spiro atoms. The van der Waals surface area contributed by atoms with Gasteiger partial charge in [0, 0.05) is 30.6 Å². The van der Waals surface area contributed by atoms with E-state index in [1.807, 2.05) is 6.92 Å². The minimum Gasteiger partial charge on any atom is -0.459 e. The Morgan fingerprint density at radius 1 is 1.30 bits per heavy atom. The quantitative estimate of drug-likeness (QED) is 0.644. The molecular formula is C14H23N3O3. The van der Waals surface area contributed by atoms with Crippen molar-refractivity contribution in [2.45, 2.75) is 33.2 Å². The van der Waals surface area contributed by atoms with Crippen LogP contribution in [0.15, 0.2) is 16.7 Å². The molecule has 112 valence electrons. The van der Waals surface area contributed by atoms with Crippen LogP contribution in [0.5, 0.6) is 0 Å². The van der Waals surface area contributed by atoms with Crippen LogP contribution in [-0.2, 0) is 4.79 Å². The largest absolute Gasteiger partial charge is 0.459 e. The summed E-state index contributed by atoms with van der Waals surface area (Å²) in [6.07, 6.45) is 2.14. The molecular weight excluding hydrogens is 258 g/mol. The topological polar surface area (TPSA) is 97.4 Å². The molecule has 2 amide bonds. The molecule has 2 atom stereocenters. The molecule has 0 saturated carbocycles. The summed E-state index contributed by atoms with van der Waals surface area (Å²) in [5.41, 5.74) is 6.45. The smallest absolute Gasteiger partial charge is 0.287 e. The van der Waals surface area contributed by atoms with Gasteiger partial charge in [-0.25, -0.2) is 0 Å². The van der Waals surface area contributed by atoms with E-state index < -0.39 is 0 Å². The maximum Gasteiger partial charge on any atom is 0.287 e. The zero-order valence-corrected chi connectivity index (χ0v) is 12.2. The second kappa shape index (κ2) is 7.69. The van der Waals surface area contributed by atoms with Gasteiger partial charge in [0.1, 0.15) is 0 Å². The first-order valence-corrected chi connectivity index (χ1v) is 6.79. The van der Waals surface area contributed by atoms with Crippen LogP contribution >= 0.6 is 0 Å². The van der Waals surface area contributed by atoms with Gasteiger partial charge in [-0.15, -0.1) is 0 Å². The number of carbonyl (C=O) groups is 2. The van der Waals surface area contributed by atoms with Crippen LogP contribution in [0.3, 0.4) is 0 Å². The van der Waals surface area contributed by atoms with E-state index in [1.54, 1.807) is 19.9 Å². The third kappa shape index (κ3) is 4.70. The Bertz CT molecular complexity index is 454. The van der Waals surface area contributed by atoms with Gasteiger partial charge in [-0.05, 0) is 26.3 Å². The molecule has 0 aromatic carbocycles. The summed E-state index contributed by atoms with van der Waals surface area (Å²) < 4.78 is 5.08. The highest BCUT2D eigenvalue weighted by Crippen LogP contribution is 2.07. The maximum atomic E-state index is 11.7. The van der Waals surface area contributed by atoms with Crippen molar-refractivity contribution >= 4 is 11.8 Å². The lowest BCUT2D eigenvalue weighted by atomic mass is 10.0. The van der Waals surface area contributed by atoms with Gasteiger partial charge in [0.05, 0.1) is 6.26 Å². The van der Waals surface area contributed by atoms with Crippen molar-refractivity contribution in [1.29, 1.82) is 0 Å². The van der Waals surface area contributed by atoms with Crippen molar-refractivity contribution < 1.29 is 14.0 Å². The molecule has 0 aliphatic rings. The lowest BCUT2D eigenvalue weighted by Gasteiger charge is -2.15. The minimum atomic E-state index is -0.234. The highest BCUT2D eigenvalue weighted by molar-refractivity contribution is 5.92. The predicted octanol–water partition coefficient (Wildman–Crippen LogP) is 0.807. The summed E-state index contributed by atoms with van der Waals surface area (Å²) in [5.74, 6) is -0.175. The first-order valence-electron chi connectivity index (χ1n) is 6.79. The Morgan fingerprint density at radius 2 is 1.95 bits per heavy atom. The molecule has 0 radical (unpaired) electrons. The van der Waals surface area contributed by atoms with E-state index in [9.17, 15) is 9.59 Å². The lowest BCUT2D eigenvalue weighted by molar-refractivity contribution is -0.124. The van der Waals surface area contributed by atoms with Gasteiger partial charge < -0.3 is 20.8 Å². The fraction of sp³-hybridized carbons (Fsp3) is 0.571. The Labute approximate surface area is 119 Å². The Morgan fingerprint density at radius 3 is 2.50 bits per heavy atom. The van der Waals surface area contributed by atoms with E-state index in [1.165, 1.54) is 6.26 Å². The molecule has 0 saturated heterocycles. The second-order valence-electron chi connectivity index (χ2n) is 4.98. The summed E-state index contributed by atoms with van der Waals surface area (Å²) in [5, 5.41) is 5.53. The molecule has 6 nitrogen and oxygen atoms in total. The number of amides is 2. The van der Waals surface area contributed by atoms with E-state index >= 15 is 0 Å². The molecule has 20 heavy (non-hydrogen) atoms. The normalized spacial score (nSPS) is 13.6. The standard InChI is InChI=1S/C14H23N3O3/c1-9-5-8-20-12(9)14(19)17-7-4-6-16-13(18)10(2)11(3)15/h5,8,10-11H,4,6-7,15H2,1-3H3,(H,16,18)(H,17,19). The first-order chi connectivity index (χ1) is 9.43. The van der Waals surface area contributed by atoms with Crippen LogP contribution in [-0.4, -0.2) is 30.9 Å². The summed E-state index contributed by atoms with van der Waals surface area (Å²) in [6.45, 7) is 6.39. The van der Waals surface area contributed by atoms with Gasteiger partial charge in [0.2, 0.25) is 5.91 Å². The van der Waals surface area contributed by atoms with Gasteiger partial charge in [-0.2, -0.15) is 0 Å². The molecule has 1 aromatic rings. The number of nitrogens with two attached hydrogens (primary N) is 1. The Kier molecular flexibility index (Phi) is 6.24. The molecule has 0 aliphatic heterocycles. The van der Waals surface area contributed by atoms with Crippen molar-refractivity contribution in [3.05, 3.63) is 23.7 Å². The predicted molar refractivity (Wildman–Crippen MR) is 76.2 cm³/mol. The van der Waals surface area contributed by atoms with Crippen LogP contribution < -0.4 is 16.4 Å². The fourth-order valence-electron chi connectivity index (χ4n) is 1.59. The van der Waals surface area contributed by atoms with Crippen molar-refractivity contribution in [2.24, 2.45) is 11.7 Å². The number of hydrogen-bond acceptors (Lipinski definition) is 4.